The fourth-order valence-corrected chi connectivity index (χ4v) is 2.55. The van der Waals surface area contributed by atoms with Gasteiger partial charge in [0.2, 0.25) is 5.91 Å². The first-order valence-electron chi connectivity index (χ1n) is 8.64. The number of carbonyl (C=O) groups is 1. The zero-order chi connectivity index (χ0) is 19.1. The van der Waals surface area contributed by atoms with E-state index in [0.717, 1.165) is 11.4 Å². The molecule has 3 aromatic rings. The standard InChI is InChI=1S/C21H20FN3O2/c1-2-27-19-10-6-5-9-18(19)25-20-12-11-16(14-23-20)24-21(26)13-15-7-3-4-8-17(15)22/h3-12,14H,2,13H2,1H3,(H,23,25)(H,24,26). The highest BCUT2D eigenvalue weighted by Gasteiger charge is 2.09. The minimum Gasteiger partial charge on any atom is -0.492 e. The lowest BCUT2D eigenvalue weighted by Gasteiger charge is -2.12. The highest BCUT2D eigenvalue weighted by Crippen LogP contribution is 2.26. The van der Waals surface area contributed by atoms with Crippen LogP contribution in [0.5, 0.6) is 5.75 Å². The predicted octanol–water partition coefficient (Wildman–Crippen LogP) is 4.54. The summed E-state index contributed by atoms with van der Waals surface area (Å²) < 4.78 is 19.2. The first-order chi connectivity index (χ1) is 13.2. The van der Waals surface area contributed by atoms with E-state index in [2.05, 4.69) is 15.6 Å². The van der Waals surface area contributed by atoms with E-state index in [4.69, 9.17) is 4.74 Å². The molecule has 138 valence electrons. The Balaban J connectivity index is 1.62. The summed E-state index contributed by atoms with van der Waals surface area (Å²) in [5, 5.41) is 5.91. The van der Waals surface area contributed by atoms with Crippen molar-refractivity contribution < 1.29 is 13.9 Å². The summed E-state index contributed by atoms with van der Waals surface area (Å²) in [6.07, 6.45) is 1.51. The molecular weight excluding hydrogens is 345 g/mol. The van der Waals surface area contributed by atoms with Crippen molar-refractivity contribution >= 4 is 23.1 Å². The topological polar surface area (TPSA) is 63.2 Å². The van der Waals surface area contributed by atoms with Crippen LogP contribution in [0.15, 0.2) is 66.9 Å². The van der Waals surface area contributed by atoms with E-state index in [0.29, 0.717) is 23.7 Å². The number of hydrogen-bond acceptors (Lipinski definition) is 4. The van der Waals surface area contributed by atoms with E-state index < -0.39 is 5.82 Å². The maximum absolute atomic E-state index is 13.6. The summed E-state index contributed by atoms with van der Waals surface area (Å²) in [6, 6.07) is 17.3. The molecule has 0 unspecified atom stereocenters. The Labute approximate surface area is 157 Å². The number of benzene rings is 2. The van der Waals surface area contributed by atoms with E-state index in [1.807, 2.05) is 31.2 Å². The monoisotopic (exact) mass is 365 g/mol. The quantitative estimate of drug-likeness (QED) is 0.645. The number of pyridine rings is 1. The third kappa shape index (κ3) is 5.04. The minimum atomic E-state index is -0.390. The fraction of sp³-hybridized carbons (Fsp3) is 0.143. The van der Waals surface area contributed by atoms with E-state index >= 15 is 0 Å². The van der Waals surface area contributed by atoms with Crippen molar-refractivity contribution in [3.05, 3.63) is 78.2 Å². The molecule has 0 saturated heterocycles. The summed E-state index contributed by atoms with van der Waals surface area (Å²) >= 11 is 0. The number of rotatable bonds is 7. The van der Waals surface area contributed by atoms with Crippen LogP contribution in [-0.2, 0) is 11.2 Å². The Morgan fingerprint density at radius 2 is 1.85 bits per heavy atom. The van der Waals surface area contributed by atoms with Crippen molar-refractivity contribution in [2.45, 2.75) is 13.3 Å². The third-order valence-electron chi connectivity index (χ3n) is 3.81. The van der Waals surface area contributed by atoms with Gasteiger partial charge in [-0.15, -0.1) is 0 Å². The van der Waals surface area contributed by atoms with Gasteiger partial charge in [0.15, 0.2) is 0 Å². The molecule has 0 spiro atoms. The van der Waals surface area contributed by atoms with E-state index in [-0.39, 0.29) is 12.3 Å². The second kappa shape index (κ2) is 8.80. The summed E-state index contributed by atoms with van der Waals surface area (Å²) in [6.45, 7) is 2.49. The molecule has 0 aliphatic rings. The van der Waals surface area contributed by atoms with Gasteiger partial charge >= 0.3 is 0 Å². The predicted molar refractivity (Wildman–Crippen MR) is 104 cm³/mol. The van der Waals surface area contributed by atoms with Crippen molar-refractivity contribution in [2.24, 2.45) is 0 Å². The van der Waals surface area contributed by atoms with E-state index in [1.165, 1.54) is 6.07 Å². The molecule has 6 heteroatoms. The van der Waals surface area contributed by atoms with Crippen LogP contribution < -0.4 is 15.4 Å². The average molecular weight is 365 g/mol. The second-order valence-electron chi connectivity index (χ2n) is 5.80. The van der Waals surface area contributed by atoms with Crippen molar-refractivity contribution in [3.63, 3.8) is 0 Å². The maximum atomic E-state index is 13.6. The second-order valence-corrected chi connectivity index (χ2v) is 5.80. The largest absolute Gasteiger partial charge is 0.492 e. The van der Waals surface area contributed by atoms with Gasteiger partial charge in [0.05, 0.1) is 30.6 Å². The number of para-hydroxylation sites is 2. The molecule has 0 atom stereocenters. The number of nitrogens with zero attached hydrogens (tertiary/aromatic N) is 1. The van der Waals surface area contributed by atoms with Gasteiger partial charge in [0.25, 0.3) is 0 Å². The normalized spacial score (nSPS) is 10.3. The Morgan fingerprint density at radius 1 is 1.07 bits per heavy atom. The number of aromatic nitrogens is 1. The molecule has 5 nitrogen and oxygen atoms in total. The molecular formula is C21H20FN3O2. The number of ether oxygens (including phenoxy) is 1. The van der Waals surface area contributed by atoms with Crippen LogP contribution in [0.3, 0.4) is 0 Å². The van der Waals surface area contributed by atoms with Crippen molar-refractivity contribution in [2.75, 3.05) is 17.2 Å². The van der Waals surface area contributed by atoms with Crippen molar-refractivity contribution in [1.82, 2.24) is 4.98 Å². The lowest BCUT2D eigenvalue weighted by molar-refractivity contribution is -0.115. The molecule has 0 aliphatic heterocycles. The van der Waals surface area contributed by atoms with Crippen molar-refractivity contribution in [3.8, 4) is 5.75 Å². The van der Waals surface area contributed by atoms with Crippen LogP contribution in [0.25, 0.3) is 0 Å². The number of carbonyl (C=O) groups excluding carboxylic acids is 1. The van der Waals surface area contributed by atoms with Gasteiger partial charge in [-0.3, -0.25) is 4.79 Å². The number of amides is 1. The maximum Gasteiger partial charge on any atom is 0.228 e. The molecule has 0 aliphatic carbocycles. The van der Waals surface area contributed by atoms with Crippen LogP contribution in [0.4, 0.5) is 21.6 Å². The van der Waals surface area contributed by atoms with Crippen LogP contribution >= 0.6 is 0 Å². The van der Waals surface area contributed by atoms with Crippen LogP contribution in [0.1, 0.15) is 12.5 Å². The molecule has 0 bridgehead atoms. The first-order valence-corrected chi connectivity index (χ1v) is 8.64. The molecule has 1 aromatic heterocycles. The summed E-state index contributed by atoms with van der Waals surface area (Å²) in [7, 11) is 0. The summed E-state index contributed by atoms with van der Waals surface area (Å²) in [4.78, 5) is 16.4. The fourth-order valence-electron chi connectivity index (χ4n) is 2.55. The molecule has 3 rings (SSSR count). The molecule has 1 amide bonds. The number of hydrogen-bond donors (Lipinski definition) is 2. The first kappa shape index (κ1) is 18.4. The van der Waals surface area contributed by atoms with Gasteiger partial charge in [-0.1, -0.05) is 30.3 Å². The third-order valence-corrected chi connectivity index (χ3v) is 3.81. The van der Waals surface area contributed by atoms with Gasteiger partial charge in [-0.2, -0.15) is 0 Å². The Bertz CT molecular complexity index is 913. The highest BCUT2D eigenvalue weighted by atomic mass is 19.1. The number of anilines is 3. The van der Waals surface area contributed by atoms with Gasteiger partial charge in [-0.25, -0.2) is 9.37 Å². The van der Waals surface area contributed by atoms with E-state index in [1.54, 1.807) is 36.5 Å². The Morgan fingerprint density at radius 3 is 2.59 bits per heavy atom. The SMILES string of the molecule is CCOc1ccccc1Nc1ccc(NC(=O)Cc2ccccc2F)cn1. The molecule has 27 heavy (non-hydrogen) atoms. The molecule has 0 radical (unpaired) electrons. The highest BCUT2D eigenvalue weighted by molar-refractivity contribution is 5.92. The van der Waals surface area contributed by atoms with E-state index in [9.17, 15) is 9.18 Å². The van der Waals surface area contributed by atoms with Gasteiger partial charge < -0.3 is 15.4 Å². The molecule has 0 fully saturated rings. The minimum absolute atomic E-state index is 0.0333. The van der Waals surface area contributed by atoms with Gasteiger partial charge in [0, 0.05) is 0 Å². The average Bonchev–Trinajstić information content (AvgIpc) is 2.67. The lowest BCUT2D eigenvalue weighted by atomic mass is 10.1. The van der Waals surface area contributed by atoms with Crippen LogP contribution in [-0.4, -0.2) is 17.5 Å². The number of nitrogens with one attached hydrogen (secondary N) is 2. The smallest absolute Gasteiger partial charge is 0.228 e. The zero-order valence-corrected chi connectivity index (χ0v) is 14.9. The molecule has 0 saturated carbocycles. The molecule has 2 N–H and O–H groups in total. The van der Waals surface area contributed by atoms with Gasteiger partial charge in [-0.05, 0) is 42.8 Å². The van der Waals surface area contributed by atoms with Crippen LogP contribution in [0.2, 0.25) is 0 Å². The zero-order valence-electron chi connectivity index (χ0n) is 14.9. The summed E-state index contributed by atoms with van der Waals surface area (Å²) in [5.41, 5.74) is 1.71. The van der Waals surface area contributed by atoms with Gasteiger partial charge in [0.1, 0.15) is 17.4 Å². The summed E-state index contributed by atoms with van der Waals surface area (Å²) in [5.74, 6) is 0.668. The molecule has 1 heterocycles. The van der Waals surface area contributed by atoms with Crippen LogP contribution in [0, 0.1) is 5.82 Å². The van der Waals surface area contributed by atoms with Crippen molar-refractivity contribution in [1.29, 1.82) is 0 Å². The number of halogens is 1. The Kier molecular flexibility index (Phi) is 5.99. The lowest BCUT2D eigenvalue weighted by Crippen LogP contribution is -2.15. The molecule has 2 aromatic carbocycles. The Hall–Kier alpha value is -3.41.